The minimum absolute atomic E-state index is 0.109. The van der Waals surface area contributed by atoms with Gasteiger partial charge in [-0.3, -0.25) is 4.90 Å². The summed E-state index contributed by atoms with van der Waals surface area (Å²) in [5.41, 5.74) is 0. The van der Waals surface area contributed by atoms with Gasteiger partial charge in [-0.05, 0) is 48.3 Å². The zero-order valence-corrected chi connectivity index (χ0v) is 14.1. The number of fused-ring (bicyclic) bond motifs is 1. The van der Waals surface area contributed by atoms with Crippen molar-refractivity contribution in [3.63, 3.8) is 0 Å². The molecule has 0 spiro atoms. The molecule has 0 saturated carbocycles. The normalized spacial score (nSPS) is 25.0. The second-order valence-electron chi connectivity index (χ2n) is 5.56. The van der Waals surface area contributed by atoms with Crippen molar-refractivity contribution >= 4 is 26.0 Å². The van der Waals surface area contributed by atoms with Gasteiger partial charge in [0, 0.05) is 25.2 Å². The van der Waals surface area contributed by atoms with Gasteiger partial charge in [0.1, 0.15) is 17.3 Å². The third kappa shape index (κ3) is 2.92. The third-order valence-corrected chi connectivity index (χ3v) is 6.97. The lowest BCUT2D eigenvalue weighted by Gasteiger charge is -2.24. The van der Waals surface area contributed by atoms with E-state index in [2.05, 4.69) is 20.8 Å². The Morgan fingerprint density at radius 1 is 1.33 bits per heavy atom. The zero-order chi connectivity index (χ0) is 15.0. The van der Waals surface area contributed by atoms with Gasteiger partial charge in [0.15, 0.2) is 4.67 Å². The average Bonchev–Trinajstić information content (AvgIpc) is 2.99. The average molecular weight is 379 g/mol. The van der Waals surface area contributed by atoms with Crippen molar-refractivity contribution in [3.8, 4) is 0 Å². The van der Waals surface area contributed by atoms with Gasteiger partial charge in [0.25, 0.3) is 0 Å². The number of sulfonamides is 1. The smallest absolute Gasteiger partial charge is 0.247 e. The van der Waals surface area contributed by atoms with Gasteiger partial charge in [-0.1, -0.05) is 0 Å². The summed E-state index contributed by atoms with van der Waals surface area (Å²) in [6.07, 6.45) is 3.04. The van der Waals surface area contributed by atoms with E-state index in [1.807, 2.05) is 0 Å². The number of aliphatic hydroxyl groups is 1. The van der Waals surface area contributed by atoms with Crippen LogP contribution in [-0.4, -0.2) is 55.0 Å². The van der Waals surface area contributed by atoms with E-state index in [9.17, 15) is 8.42 Å². The highest BCUT2D eigenvalue weighted by atomic mass is 79.9. The van der Waals surface area contributed by atoms with E-state index in [4.69, 9.17) is 9.52 Å². The maximum Gasteiger partial charge on any atom is 0.247 e. The van der Waals surface area contributed by atoms with E-state index in [1.54, 1.807) is 4.31 Å². The molecule has 0 bridgehead atoms. The van der Waals surface area contributed by atoms with Crippen LogP contribution in [0.5, 0.6) is 0 Å². The summed E-state index contributed by atoms with van der Waals surface area (Å²) in [6, 6.07) is 1.72. The van der Waals surface area contributed by atoms with Crippen molar-refractivity contribution in [1.29, 1.82) is 0 Å². The SMILES string of the molecule is O=S(=O)(c1cc(CO)oc1Br)N1CCCN2CCCC2C1. The Kier molecular flexibility index (Phi) is 4.42. The van der Waals surface area contributed by atoms with Gasteiger partial charge in [0.05, 0.1) is 0 Å². The first-order valence-corrected chi connectivity index (χ1v) is 9.39. The fourth-order valence-electron chi connectivity index (χ4n) is 3.18. The molecule has 118 valence electrons. The summed E-state index contributed by atoms with van der Waals surface area (Å²) >= 11 is 3.14. The van der Waals surface area contributed by atoms with Crippen LogP contribution in [0.15, 0.2) is 20.0 Å². The van der Waals surface area contributed by atoms with Gasteiger partial charge in [-0.15, -0.1) is 0 Å². The lowest BCUT2D eigenvalue weighted by Crippen LogP contribution is -2.39. The molecule has 0 amide bonds. The highest BCUT2D eigenvalue weighted by Crippen LogP contribution is 2.31. The van der Waals surface area contributed by atoms with Crippen molar-refractivity contribution in [1.82, 2.24) is 9.21 Å². The van der Waals surface area contributed by atoms with E-state index >= 15 is 0 Å². The van der Waals surface area contributed by atoms with Crippen LogP contribution >= 0.6 is 15.9 Å². The number of hydrogen-bond acceptors (Lipinski definition) is 5. The lowest BCUT2D eigenvalue weighted by molar-refractivity contribution is 0.245. The summed E-state index contributed by atoms with van der Waals surface area (Å²) < 4.78 is 32.6. The van der Waals surface area contributed by atoms with Gasteiger partial charge in [-0.25, -0.2) is 8.42 Å². The molecule has 2 fully saturated rings. The third-order valence-electron chi connectivity index (χ3n) is 4.25. The molecule has 1 unspecified atom stereocenters. The highest BCUT2D eigenvalue weighted by Gasteiger charge is 2.36. The van der Waals surface area contributed by atoms with E-state index in [0.717, 1.165) is 32.4 Å². The topological polar surface area (TPSA) is 74.0 Å². The van der Waals surface area contributed by atoms with Crippen LogP contribution in [0.1, 0.15) is 25.0 Å². The van der Waals surface area contributed by atoms with Crippen LogP contribution in [0.25, 0.3) is 0 Å². The molecule has 1 aromatic heterocycles. The fraction of sp³-hybridized carbons (Fsp3) is 0.692. The summed E-state index contributed by atoms with van der Waals surface area (Å²) in [6.45, 7) is 2.79. The van der Waals surface area contributed by atoms with E-state index in [1.165, 1.54) is 6.07 Å². The van der Waals surface area contributed by atoms with Crippen molar-refractivity contribution in [2.24, 2.45) is 0 Å². The molecule has 8 heteroatoms. The quantitative estimate of drug-likeness (QED) is 0.860. The molecular weight excluding hydrogens is 360 g/mol. The second kappa shape index (κ2) is 6.00. The molecule has 3 rings (SSSR count). The van der Waals surface area contributed by atoms with Crippen LogP contribution in [0.4, 0.5) is 0 Å². The molecule has 3 heterocycles. The van der Waals surface area contributed by atoms with Gasteiger partial charge in [-0.2, -0.15) is 4.31 Å². The van der Waals surface area contributed by atoms with E-state index in [-0.39, 0.29) is 21.9 Å². The predicted octanol–water partition coefficient (Wildman–Crippen LogP) is 1.39. The number of hydrogen-bond donors (Lipinski definition) is 1. The Morgan fingerprint density at radius 2 is 2.10 bits per heavy atom. The van der Waals surface area contributed by atoms with Gasteiger partial charge >= 0.3 is 0 Å². The molecular formula is C13H19BrN2O4S. The molecule has 2 aliphatic rings. The van der Waals surface area contributed by atoms with Crippen molar-refractivity contribution in [3.05, 3.63) is 16.5 Å². The first-order chi connectivity index (χ1) is 10.0. The lowest BCUT2D eigenvalue weighted by atomic mass is 10.2. The van der Waals surface area contributed by atoms with E-state index in [0.29, 0.717) is 19.1 Å². The summed E-state index contributed by atoms with van der Waals surface area (Å²) in [7, 11) is -3.59. The molecule has 1 aromatic rings. The number of halogens is 1. The zero-order valence-electron chi connectivity index (χ0n) is 11.7. The molecule has 0 radical (unpaired) electrons. The van der Waals surface area contributed by atoms with E-state index < -0.39 is 10.0 Å². The van der Waals surface area contributed by atoms with Gasteiger partial charge < -0.3 is 9.52 Å². The maximum atomic E-state index is 12.8. The minimum Gasteiger partial charge on any atom is -0.450 e. The molecule has 0 aliphatic carbocycles. The molecule has 6 nitrogen and oxygen atoms in total. The number of rotatable bonds is 3. The molecule has 1 atom stereocenters. The summed E-state index contributed by atoms with van der Waals surface area (Å²) in [5, 5.41) is 9.09. The van der Waals surface area contributed by atoms with Gasteiger partial charge in [0.2, 0.25) is 10.0 Å². The van der Waals surface area contributed by atoms with Crippen LogP contribution in [-0.2, 0) is 16.6 Å². The molecule has 21 heavy (non-hydrogen) atoms. The second-order valence-corrected chi connectivity index (χ2v) is 8.18. The summed E-state index contributed by atoms with van der Waals surface area (Å²) in [4.78, 5) is 2.50. The molecule has 2 saturated heterocycles. The first-order valence-electron chi connectivity index (χ1n) is 7.15. The Labute approximate surface area is 132 Å². The molecule has 0 aromatic carbocycles. The monoisotopic (exact) mass is 378 g/mol. The first kappa shape index (κ1) is 15.5. The molecule has 2 aliphatic heterocycles. The van der Waals surface area contributed by atoms with Crippen molar-refractivity contribution in [2.45, 2.75) is 36.8 Å². The van der Waals surface area contributed by atoms with Crippen LogP contribution in [0.3, 0.4) is 0 Å². The van der Waals surface area contributed by atoms with Crippen LogP contribution < -0.4 is 0 Å². The number of aliphatic hydroxyl groups excluding tert-OH is 1. The summed E-state index contributed by atoms with van der Waals surface area (Å²) in [5.74, 6) is 0.248. The van der Waals surface area contributed by atoms with Crippen LogP contribution in [0.2, 0.25) is 0 Å². The Hall–Kier alpha value is -0.410. The number of nitrogens with zero attached hydrogens (tertiary/aromatic N) is 2. The minimum atomic E-state index is -3.59. The highest BCUT2D eigenvalue weighted by molar-refractivity contribution is 9.10. The van der Waals surface area contributed by atoms with Crippen LogP contribution in [0, 0.1) is 0 Å². The number of furan rings is 1. The van der Waals surface area contributed by atoms with Crippen molar-refractivity contribution < 1.29 is 17.9 Å². The Morgan fingerprint density at radius 3 is 2.81 bits per heavy atom. The predicted molar refractivity (Wildman–Crippen MR) is 80.3 cm³/mol. The standard InChI is InChI=1S/C13H19BrN2O4S/c14-13-12(7-11(9-17)20-13)21(18,19)16-6-2-5-15-4-1-3-10(15)8-16/h7,10,17H,1-6,8-9H2. The molecule has 1 N–H and O–H groups in total. The Balaban J connectivity index is 1.88. The fourth-order valence-corrected chi connectivity index (χ4v) is 5.66. The largest absolute Gasteiger partial charge is 0.450 e. The Bertz CT molecular complexity index is 616. The van der Waals surface area contributed by atoms with Crippen molar-refractivity contribution in [2.75, 3.05) is 26.2 Å². The maximum absolute atomic E-state index is 12.8.